The average Bonchev–Trinajstić information content (AvgIpc) is 2.25. The lowest BCUT2D eigenvalue weighted by Gasteiger charge is -2.10. The maximum absolute atomic E-state index is 5.65. The Kier molecular flexibility index (Phi) is 5.10. The van der Waals surface area contributed by atoms with Crippen molar-refractivity contribution in [1.29, 1.82) is 0 Å². The second-order valence-electron chi connectivity index (χ2n) is 4.13. The number of hydrogen-bond acceptors (Lipinski definition) is 1. The lowest BCUT2D eigenvalue weighted by Crippen LogP contribution is -1.97. The molecule has 88 valence electrons. The highest BCUT2D eigenvalue weighted by Crippen LogP contribution is 2.23. The van der Waals surface area contributed by atoms with Crippen LogP contribution in [0.4, 0.5) is 0 Å². The van der Waals surface area contributed by atoms with Crippen molar-refractivity contribution in [3.63, 3.8) is 0 Å². The highest BCUT2D eigenvalue weighted by atomic mass is 16.5. The fourth-order valence-electron chi connectivity index (χ4n) is 1.74. The van der Waals surface area contributed by atoms with Gasteiger partial charge in [0.05, 0.1) is 6.61 Å². The van der Waals surface area contributed by atoms with Crippen LogP contribution >= 0.6 is 0 Å². The molecular formula is C15H22O. The largest absolute Gasteiger partial charge is 0.494 e. The highest BCUT2D eigenvalue weighted by molar-refractivity contribution is 5.59. The number of aryl methyl sites for hydroxylation is 2. The van der Waals surface area contributed by atoms with Crippen molar-refractivity contribution in [2.24, 2.45) is 0 Å². The monoisotopic (exact) mass is 218 g/mol. The normalized spacial score (nSPS) is 11.0. The average molecular weight is 218 g/mol. The highest BCUT2D eigenvalue weighted by Gasteiger charge is 2.02. The van der Waals surface area contributed by atoms with Crippen molar-refractivity contribution in [3.8, 4) is 5.75 Å². The summed E-state index contributed by atoms with van der Waals surface area (Å²) >= 11 is 0. The molecule has 0 saturated heterocycles. The molecule has 0 spiro atoms. The first-order valence-electron chi connectivity index (χ1n) is 6.09. The Bertz CT molecular complexity index is 341. The molecule has 0 radical (unpaired) electrons. The molecule has 0 aliphatic rings. The van der Waals surface area contributed by atoms with E-state index in [4.69, 9.17) is 4.74 Å². The fourth-order valence-corrected chi connectivity index (χ4v) is 1.74. The number of benzene rings is 1. The molecule has 0 unspecified atom stereocenters. The summed E-state index contributed by atoms with van der Waals surface area (Å²) in [7, 11) is 0. The van der Waals surface area contributed by atoms with Gasteiger partial charge < -0.3 is 4.74 Å². The van der Waals surface area contributed by atoms with E-state index >= 15 is 0 Å². The molecule has 1 aromatic carbocycles. The van der Waals surface area contributed by atoms with Gasteiger partial charge in [-0.15, -0.1) is 0 Å². The van der Waals surface area contributed by atoms with E-state index in [2.05, 4.69) is 52.0 Å². The minimum atomic E-state index is 0.795. The van der Waals surface area contributed by atoms with Gasteiger partial charge in [0.1, 0.15) is 5.75 Å². The standard InChI is InChI=1S/C15H22O/c1-5-7-8-15-12(3)10-14(11-13(15)4)16-9-6-2/h7-8,10-11H,5-6,9H2,1-4H3. The maximum atomic E-state index is 5.65. The molecule has 16 heavy (non-hydrogen) atoms. The molecule has 1 nitrogen and oxygen atoms in total. The summed E-state index contributed by atoms with van der Waals surface area (Å²) in [6.45, 7) is 9.35. The zero-order chi connectivity index (χ0) is 12.0. The van der Waals surface area contributed by atoms with Gasteiger partial charge >= 0.3 is 0 Å². The zero-order valence-corrected chi connectivity index (χ0v) is 10.8. The Morgan fingerprint density at radius 3 is 2.25 bits per heavy atom. The van der Waals surface area contributed by atoms with Crippen LogP contribution < -0.4 is 4.74 Å². The first-order chi connectivity index (χ1) is 7.69. The molecule has 0 bridgehead atoms. The number of rotatable bonds is 5. The Labute approximate surface area is 99.1 Å². The van der Waals surface area contributed by atoms with E-state index < -0.39 is 0 Å². The van der Waals surface area contributed by atoms with Crippen molar-refractivity contribution in [2.45, 2.75) is 40.5 Å². The molecule has 0 fully saturated rings. The third kappa shape index (κ3) is 3.41. The van der Waals surface area contributed by atoms with Crippen LogP contribution in [0.3, 0.4) is 0 Å². The third-order valence-electron chi connectivity index (χ3n) is 2.56. The van der Waals surface area contributed by atoms with Crippen LogP contribution in [0, 0.1) is 13.8 Å². The van der Waals surface area contributed by atoms with Gasteiger partial charge in [0.15, 0.2) is 0 Å². The molecule has 1 rings (SSSR count). The van der Waals surface area contributed by atoms with E-state index in [1.165, 1.54) is 16.7 Å². The van der Waals surface area contributed by atoms with Crippen molar-refractivity contribution in [3.05, 3.63) is 34.9 Å². The summed E-state index contributed by atoms with van der Waals surface area (Å²) in [5, 5.41) is 0. The van der Waals surface area contributed by atoms with Crippen LogP contribution in [-0.2, 0) is 0 Å². The molecule has 0 heterocycles. The van der Waals surface area contributed by atoms with Gasteiger partial charge in [-0.25, -0.2) is 0 Å². The van der Waals surface area contributed by atoms with Gasteiger partial charge in [0, 0.05) is 0 Å². The molecule has 0 N–H and O–H groups in total. The van der Waals surface area contributed by atoms with Crippen LogP contribution in [0.2, 0.25) is 0 Å². The Balaban J connectivity index is 2.93. The maximum Gasteiger partial charge on any atom is 0.119 e. The van der Waals surface area contributed by atoms with Gasteiger partial charge in [0.2, 0.25) is 0 Å². The van der Waals surface area contributed by atoms with Crippen molar-refractivity contribution in [1.82, 2.24) is 0 Å². The van der Waals surface area contributed by atoms with E-state index in [0.717, 1.165) is 25.2 Å². The number of allylic oxidation sites excluding steroid dienone is 1. The van der Waals surface area contributed by atoms with E-state index in [-0.39, 0.29) is 0 Å². The zero-order valence-electron chi connectivity index (χ0n) is 10.8. The molecule has 1 heteroatoms. The fraction of sp³-hybridized carbons (Fsp3) is 0.467. The third-order valence-corrected chi connectivity index (χ3v) is 2.56. The van der Waals surface area contributed by atoms with Crippen LogP contribution in [0.1, 0.15) is 43.4 Å². The van der Waals surface area contributed by atoms with Crippen LogP contribution in [0.25, 0.3) is 6.08 Å². The summed E-state index contributed by atoms with van der Waals surface area (Å²) in [4.78, 5) is 0. The molecule has 0 amide bonds. The SMILES string of the molecule is CCC=Cc1c(C)cc(OCCC)cc1C. The quantitative estimate of drug-likeness (QED) is 0.706. The van der Waals surface area contributed by atoms with E-state index in [9.17, 15) is 0 Å². The minimum absolute atomic E-state index is 0.795. The van der Waals surface area contributed by atoms with Crippen molar-refractivity contribution >= 4 is 6.08 Å². The molecule has 0 atom stereocenters. The predicted octanol–water partition coefficient (Wildman–Crippen LogP) is 4.52. The van der Waals surface area contributed by atoms with Crippen molar-refractivity contribution < 1.29 is 4.74 Å². The van der Waals surface area contributed by atoms with E-state index in [0.29, 0.717) is 0 Å². The van der Waals surface area contributed by atoms with Gasteiger partial charge in [-0.2, -0.15) is 0 Å². The van der Waals surface area contributed by atoms with Crippen molar-refractivity contribution in [2.75, 3.05) is 6.61 Å². The van der Waals surface area contributed by atoms with Crippen LogP contribution in [0.15, 0.2) is 18.2 Å². The van der Waals surface area contributed by atoms with Gasteiger partial charge in [-0.3, -0.25) is 0 Å². The summed E-state index contributed by atoms with van der Waals surface area (Å²) in [6, 6.07) is 4.25. The first-order valence-corrected chi connectivity index (χ1v) is 6.09. The van der Waals surface area contributed by atoms with Crippen LogP contribution in [-0.4, -0.2) is 6.61 Å². The molecular weight excluding hydrogens is 196 g/mol. The second-order valence-corrected chi connectivity index (χ2v) is 4.13. The summed E-state index contributed by atoms with van der Waals surface area (Å²) in [5.74, 6) is 0.991. The van der Waals surface area contributed by atoms with E-state index in [1.807, 2.05) is 0 Å². The van der Waals surface area contributed by atoms with Crippen LogP contribution in [0.5, 0.6) is 5.75 Å². The summed E-state index contributed by atoms with van der Waals surface area (Å²) in [5.41, 5.74) is 3.90. The Morgan fingerprint density at radius 2 is 1.75 bits per heavy atom. The number of ether oxygens (including phenoxy) is 1. The minimum Gasteiger partial charge on any atom is -0.494 e. The lowest BCUT2D eigenvalue weighted by molar-refractivity contribution is 0.317. The van der Waals surface area contributed by atoms with Gasteiger partial charge in [-0.05, 0) is 55.5 Å². The molecule has 0 aliphatic heterocycles. The second kappa shape index (κ2) is 6.37. The Hall–Kier alpha value is -1.24. The van der Waals surface area contributed by atoms with Gasteiger partial charge in [0.25, 0.3) is 0 Å². The Morgan fingerprint density at radius 1 is 1.12 bits per heavy atom. The lowest BCUT2D eigenvalue weighted by atomic mass is 10.0. The summed E-state index contributed by atoms with van der Waals surface area (Å²) in [6.07, 6.45) is 6.53. The van der Waals surface area contributed by atoms with E-state index in [1.54, 1.807) is 0 Å². The molecule has 0 aliphatic carbocycles. The molecule has 0 saturated carbocycles. The molecule has 1 aromatic rings. The topological polar surface area (TPSA) is 9.23 Å². The van der Waals surface area contributed by atoms with Gasteiger partial charge in [-0.1, -0.05) is 26.0 Å². The molecule has 0 aromatic heterocycles. The first kappa shape index (κ1) is 12.8. The number of hydrogen-bond donors (Lipinski definition) is 0. The summed E-state index contributed by atoms with van der Waals surface area (Å²) < 4.78 is 5.65. The smallest absolute Gasteiger partial charge is 0.119 e. The predicted molar refractivity (Wildman–Crippen MR) is 71.0 cm³/mol.